The van der Waals surface area contributed by atoms with Crippen LogP contribution in [0.2, 0.25) is 0 Å². The summed E-state index contributed by atoms with van der Waals surface area (Å²) in [5, 5.41) is 15.1. The van der Waals surface area contributed by atoms with Crippen molar-refractivity contribution in [3.8, 4) is 11.1 Å². The zero-order valence-electron chi connectivity index (χ0n) is 19.7. The molecule has 2 aromatic rings. The molecule has 0 bridgehead atoms. The average Bonchev–Trinajstić information content (AvgIpc) is 3.15. The van der Waals surface area contributed by atoms with E-state index >= 15 is 0 Å². The number of benzene rings is 2. The van der Waals surface area contributed by atoms with Gasteiger partial charge in [-0.3, -0.25) is 9.59 Å². The Morgan fingerprint density at radius 1 is 0.971 bits per heavy atom. The van der Waals surface area contributed by atoms with Crippen LogP contribution in [0.4, 0.5) is 4.79 Å². The van der Waals surface area contributed by atoms with E-state index in [1.165, 1.54) is 0 Å². The van der Waals surface area contributed by atoms with Gasteiger partial charge in [0.25, 0.3) is 0 Å². The Kier molecular flexibility index (Phi) is 6.91. The van der Waals surface area contributed by atoms with Gasteiger partial charge in [-0.1, -0.05) is 61.4 Å². The number of amides is 2. The molecule has 0 spiro atoms. The largest absolute Gasteiger partial charge is 0.481 e. The van der Waals surface area contributed by atoms with E-state index in [9.17, 15) is 19.5 Å². The number of carbonyl (C=O) groups is 3. The van der Waals surface area contributed by atoms with Gasteiger partial charge in [0.2, 0.25) is 5.91 Å². The number of carboxylic acid groups (broad SMARTS) is 1. The summed E-state index contributed by atoms with van der Waals surface area (Å²) >= 11 is 0. The Morgan fingerprint density at radius 2 is 1.56 bits per heavy atom. The summed E-state index contributed by atoms with van der Waals surface area (Å²) in [5.74, 6) is -1.75. The van der Waals surface area contributed by atoms with Crippen molar-refractivity contribution in [3.63, 3.8) is 0 Å². The third-order valence-electron chi connectivity index (χ3n) is 7.03. The molecule has 1 saturated carbocycles. The van der Waals surface area contributed by atoms with Gasteiger partial charge < -0.3 is 20.5 Å². The molecule has 0 saturated heterocycles. The lowest BCUT2D eigenvalue weighted by Crippen LogP contribution is -2.52. The van der Waals surface area contributed by atoms with Gasteiger partial charge >= 0.3 is 12.1 Å². The van der Waals surface area contributed by atoms with Crippen molar-refractivity contribution in [3.05, 3.63) is 59.7 Å². The maximum atomic E-state index is 12.9. The van der Waals surface area contributed by atoms with Gasteiger partial charge in [-0.15, -0.1) is 0 Å². The smallest absolute Gasteiger partial charge is 0.407 e. The molecule has 34 heavy (non-hydrogen) atoms. The predicted molar refractivity (Wildman–Crippen MR) is 128 cm³/mol. The molecule has 4 rings (SSSR count). The fraction of sp³-hybridized carbons (Fsp3) is 0.444. The number of alkyl carbamates (subject to hydrolysis) is 1. The summed E-state index contributed by atoms with van der Waals surface area (Å²) in [6.45, 7) is 3.74. The quantitative estimate of drug-likeness (QED) is 0.566. The average molecular weight is 465 g/mol. The van der Waals surface area contributed by atoms with Crippen LogP contribution in [0, 0.1) is 11.3 Å². The number of hydrogen-bond donors (Lipinski definition) is 3. The van der Waals surface area contributed by atoms with E-state index in [1.54, 1.807) is 13.8 Å². The summed E-state index contributed by atoms with van der Waals surface area (Å²) in [5.41, 5.74) is 3.68. The lowest BCUT2D eigenvalue weighted by molar-refractivity contribution is -0.144. The first kappa shape index (κ1) is 23.8. The maximum Gasteiger partial charge on any atom is 0.407 e. The number of aliphatic carboxylic acids is 1. The van der Waals surface area contributed by atoms with Gasteiger partial charge in [-0.2, -0.15) is 0 Å². The van der Waals surface area contributed by atoms with Gasteiger partial charge in [0, 0.05) is 18.5 Å². The molecule has 0 aliphatic heterocycles. The molecule has 1 fully saturated rings. The van der Waals surface area contributed by atoms with E-state index in [2.05, 4.69) is 34.9 Å². The van der Waals surface area contributed by atoms with Crippen LogP contribution in [0.15, 0.2) is 48.5 Å². The van der Waals surface area contributed by atoms with Gasteiger partial charge in [-0.25, -0.2) is 4.79 Å². The van der Waals surface area contributed by atoms with Crippen LogP contribution in [0.25, 0.3) is 11.1 Å². The zero-order chi connectivity index (χ0) is 24.3. The van der Waals surface area contributed by atoms with E-state index in [-0.39, 0.29) is 31.0 Å². The van der Waals surface area contributed by atoms with Gasteiger partial charge in [0.1, 0.15) is 6.61 Å². The van der Waals surface area contributed by atoms with Gasteiger partial charge in [-0.05, 0) is 48.9 Å². The zero-order valence-corrected chi connectivity index (χ0v) is 19.7. The third-order valence-corrected chi connectivity index (χ3v) is 7.03. The van der Waals surface area contributed by atoms with E-state index in [1.807, 2.05) is 24.3 Å². The standard InChI is InChI=1S/C27H32N2O5/c1-27(2,25(32)29-23-14-8-7-13-21(23)24(30)31)16-28-26(33)34-15-22-19-11-5-3-9-17(19)18-10-4-6-12-20(18)22/h3-6,9-12,21-23H,7-8,13-16H2,1-2H3,(H,28,33)(H,29,32)(H,30,31)/t21-,23+/m1/s1. The Hall–Kier alpha value is -3.35. The number of carbonyl (C=O) groups excluding carboxylic acids is 2. The summed E-state index contributed by atoms with van der Waals surface area (Å²) in [6.07, 6.45) is 2.39. The molecule has 2 atom stereocenters. The van der Waals surface area contributed by atoms with Crippen LogP contribution < -0.4 is 10.6 Å². The van der Waals surface area contributed by atoms with Crippen molar-refractivity contribution in [1.29, 1.82) is 0 Å². The molecular formula is C27H32N2O5. The summed E-state index contributed by atoms with van der Waals surface area (Å²) in [4.78, 5) is 36.9. The fourth-order valence-corrected chi connectivity index (χ4v) is 4.99. The Bertz CT molecular complexity index is 1030. The highest BCUT2D eigenvalue weighted by molar-refractivity contribution is 5.84. The first-order chi connectivity index (χ1) is 16.3. The number of ether oxygens (including phenoxy) is 1. The highest BCUT2D eigenvalue weighted by Crippen LogP contribution is 2.44. The second-order valence-corrected chi connectivity index (χ2v) is 9.87. The van der Waals surface area contributed by atoms with Crippen LogP contribution in [0.3, 0.4) is 0 Å². The molecule has 7 heteroatoms. The lowest BCUT2D eigenvalue weighted by Gasteiger charge is -2.33. The van der Waals surface area contributed by atoms with E-state index < -0.39 is 23.4 Å². The molecule has 2 aromatic carbocycles. The van der Waals surface area contributed by atoms with Crippen LogP contribution in [-0.2, 0) is 14.3 Å². The minimum Gasteiger partial charge on any atom is -0.481 e. The first-order valence-electron chi connectivity index (χ1n) is 11.9. The van der Waals surface area contributed by atoms with E-state index in [0.29, 0.717) is 12.8 Å². The summed E-state index contributed by atoms with van der Waals surface area (Å²) < 4.78 is 5.55. The Balaban J connectivity index is 1.31. The van der Waals surface area contributed by atoms with Crippen molar-refractivity contribution in [2.45, 2.75) is 51.5 Å². The van der Waals surface area contributed by atoms with E-state index in [0.717, 1.165) is 35.1 Å². The number of fused-ring (bicyclic) bond motifs is 3. The van der Waals surface area contributed by atoms with Crippen molar-refractivity contribution in [2.24, 2.45) is 11.3 Å². The van der Waals surface area contributed by atoms with Crippen molar-refractivity contribution in [2.75, 3.05) is 13.2 Å². The van der Waals surface area contributed by atoms with E-state index in [4.69, 9.17) is 4.74 Å². The molecule has 0 aromatic heterocycles. The first-order valence-corrected chi connectivity index (χ1v) is 11.9. The van der Waals surface area contributed by atoms with Crippen molar-refractivity contribution >= 4 is 18.0 Å². The predicted octanol–water partition coefficient (Wildman–Crippen LogP) is 4.31. The second-order valence-electron chi connectivity index (χ2n) is 9.87. The molecule has 2 aliphatic carbocycles. The summed E-state index contributed by atoms with van der Waals surface area (Å²) in [6, 6.07) is 15.9. The molecule has 180 valence electrons. The van der Waals surface area contributed by atoms with Crippen LogP contribution in [0.5, 0.6) is 0 Å². The van der Waals surface area contributed by atoms with Crippen LogP contribution in [0.1, 0.15) is 56.6 Å². The number of nitrogens with one attached hydrogen (secondary N) is 2. The minimum absolute atomic E-state index is 0.0336. The number of rotatable bonds is 7. The van der Waals surface area contributed by atoms with Crippen LogP contribution in [-0.4, -0.2) is 42.3 Å². The van der Waals surface area contributed by atoms with Gasteiger partial charge in [0.05, 0.1) is 11.3 Å². The molecule has 0 radical (unpaired) electrons. The molecule has 2 aliphatic rings. The minimum atomic E-state index is -0.911. The molecular weight excluding hydrogens is 432 g/mol. The molecule has 0 heterocycles. The third kappa shape index (κ3) is 4.93. The van der Waals surface area contributed by atoms with Gasteiger partial charge in [0.15, 0.2) is 0 Å². The maximum absolute atomic E-state index is 12.9. The second kappa shape index (κ2) is 9.87. The van der Waals surface area contributed by atoms with Crippen LogP contribution >= 0.6 is 0 Å². The molecule has 2 amide bonds. The highest BCUT2D eigenvalue weighted by Gasteiger charge is 2.36. The normalized spacial score (nSPS) is 19.6. The van der Waals surface area contributed by atoms with Crippen molar-refractivity contribution in [1.82, 2.24) is 10.6 Å². The molecule has 7 nitrogen and oxygen atoms in total. The highest BCUT2D eigenvalue weighted by atomic mass is 16.5. The SMILES string of the molecule is CC(C)(CNC(=O)OCC1c2ccccc2-c2ccccc21)C(=O)N[C@H]1CCCC[C@H]1C(=O)O. The monoisotopic (exact) mass is 464 g/mol. The van der Waals surface area contributed by atoms with Crippen molar-refractivity contribution < 1.29 is 24.2 Å². The molecule has 0 unspecified atom stereocenters. The summed E-state index contributed by atoms with van der Waals surface area (Å²) in [7, 11) is 0. The fourth-order valence-electron chi connectivity index (χ4n) is 4.99. The number of carboxylic acids is 1. The number of hydrogen-bond acceptors (Lipinski definition) is 4. The topological polar surface area (TPSA) is 105 Å². The Morgan fingerprint density at radius 3 is 2.18 bits per heavy atom. The lowest BCUT2D eigenvalue weighted by atomic mass is 9.83. The Labute approximate surface area is 199 Å². The molecule has 3 N–H and O–H groups in total.